The molecule has 1 N–H and O–H groups in total. The van der Waals surface area contributed by atoms with Crippen molar-refractivity contribution in [3.63, 3.8) is 0 Å². The first kappa shape index (κ1) is 24.6. The van der Waals surface area contributed by atoms with Crippen LogP contribution in [0, 0.1) is 27.7 Å². The van der Waals surface area contributed by atoms with Crippen molar-refractivity contribution >= 4 is 38.9 Å². The second-order valence-electron chi connectivity index (χ2n) is 7.94. The van der Waals surface area contributed by atoms with Gasteiger partial charge < -0.3 is 10.1 Å². The Kier molecular flexibility index (Phi) is 7.34. The highest BCUT2D eigenvalue weighted by Crippen LogP contribution is 2.32. The number of carbonyl (C=O) groups is 1. The van der Waals surface area contributed by atoms with E-state index in [1.165, 1.54) is 7.11 Å². The monoisotopic (exact) mass is 486 g/mol. The van der Waals surface area contributed by atoms with Crippen LogP contribution in [0.5, 0.6) is 5.75 Å². The summed E-state index contributed by atoms with van der Waals surface area (Å²) in [7, 11) is -2.71. The number of nitrogens with zero attached hydrogens (tertiary/aromatic N) is 1. The number of aryl methyl sites for hydroxylation is 4. The fraction of sp³-hybridized carbons (Fsp3) is 0.240. The van der Waals surface area contributed by atoms with E-state index >= 15 is 0 Å². The molecule has 0 bridgehead atoms. The average molecular weight is 487 g/mol. The first-order valence-electron chi connectivity index (χ1n) is 10.3. The molecule has 3 aromatic carbocycles. The molecule has 0 aliphatic rings. The average Bonchev–Trinajstić information content (AvgIpc) is 2.76. The number of ether oxygens (including phenoxy) is 1. The molecule has 0 heterocycles. The van der Waals surface area contributed by atoms with Crippen LogP contribution in [0.2, 0.25) is 5.02 Å². The molecule has 0 aromatic heterocycles. The van der Waals surface area contributed by atoms with Gasteiger partial charge in [-0.25, -0.2) is 8.42 Å². The Morgan fingerprint density at radius 1 is 0.939 bits per heavy atom. The first-order chi connectivity index (χ1) is 15.5. The number of hydrogen-bond donors (Lipinski definition) is 1. The zero-order valence-corrected chi connectivity index (χ0v) is 20.8. The summed E-state index contributed by atoms with van der Waals surface area (Å²) >= 11 is 6.00. The van der Waals surface area contributed by atoms with Gasteiger partial charge in [-0.15, -0.1) is 0 Å². The summed E-state index contributed by atoms with van der Waals surface area (Å²) < 4.78 is 34.1. The minimum absolute atomic E-state index is 0.00120. The third-order valence-corrected chi connectivity index (χ3v) is 7.45. The SMILES string of the molecule is COc1ccc(C)cc1S(=O)(=O)N(CC(=O)Nc1ccc(Cl)cc1C)c1ccc(C)c(C)c1. The van der Waals surface area contributed by atoms with E-state index in [0.29, 0.717) is 16.4 Å². The van der Waals surface area contributed by atoms with Gasteiger partial charge in [0.25, 0.3) is 10.0 Å². The molecule has 3 rings (SSSR count). The predicted molar refractivity (Wildman–Crippen MR) is 133 cm³/mol. The number of sulfonamides is 1. The molecule has 0 unspecified atom stereocenters. The van der Waals surface area contributed by atoms with Gasteiger partial charge in [-0.05, 0) is 92.4 Å². The zero-order chi connectivity index (χ0) is 24.3. The summed E-state index contributed by atoms with van der Waals surface area (Å²) in [5.41, 5.74) is 4.43. The van der Waals surface area contributed by atoms with E-state index in [-0.39, 0.29) is 10.6 Å². The number of nitrogens with one attached hydrogen (secondary N) is 1. The highest BCUT2D eigenvalue weighted by atomic mass is 35.5. The fourth-order valence-electron chi connectivity index (χ4n) is 3.39. The summed E-state index contributed by atoms with van der Waals surface area (Å²) in [6, 6.07) is 15.3. The van der Waals surface area contributed by atoms with Crippen LogP contribution in [0.15, 0.2) is 59.5 Å². The van der Waals surface area contributed by atoms with Gasteiger partial charge in [0.2, 0.25) is 5.91 Å². The Morgan fingerprint density at radius 3 is 2.30 bits per heavy atom. The van der Waals surface area contributed by atoms with Crippen LogP contribution in [-0.2, 0) is 14.8 Å². The number of hydrogen-bond acceptors (Lipinski definition) is 4. The van der Waals surface area contributed by atoms with Crippen LogP contribution in [0.4, 0.5) is 11.4 Å². The molecule has 0 atom stereocenters. The van der Waals surface area contributed by atoms with Crippen LogP contribution in [0.3, 0.4) is 0 Å². The summed E-state index contributed by atoms with van der Waals surface area (Å²) in [5, 5.41) is 3.34. The molecule has 1 amide bonds. The van der Waals surface area contributed by atoms with Crippen LogP contribution in [0.25, 0.3) is 0 Å². The number of amides is 1. The van der Waals surface area contributed by atoms with Crippen molar-refractivity contribution in [3.05, 3.63) is 81.9 Å². The van der Waals surface area contributed by atoms with Gasteiger partial charge in [-0.1, -0.05) is 23.7 Å². The van der Waals surface area contributed by atoms with Gasteiger partial charge in [-0.3, -0.25) is 9.10 Å². The molecule has 0 saturated heterocycles. The summed E-state index contributed by atoms with van der Waals surface area (Å²) in [6.45, 7) is 7.04. The van der Waals surface area contributed by atoms with Gasteiger partial charge >= 0.3 is 0 Å². The summed E-state index contributed by atoms with van der Waals surface area (Å²) in [5.74, 6) is -0.266. The Labute approximate surface area is 200 Å². The van der Waals surface area contributed by atoms with Crippen LogP contribution in [0.1, 0.15) is 22.3 Å². The molecule has 33 heavy (non-hydrogen) atoms. The van der Waals surface area contributed by atoms with E-state index in [2.05, 4.69) is 5.32 Å². The second kappa shape index (κ2) is 9.85. The minimum Gasteiger partial charge on any atom is -0.495 e. The molecule has 0 fully saturated rings. The molecular weight excluding hydrogens is 460 g/mol. The van der Waals surface area contributed by atoms with Crippen molar-refractivity contribution in [2.24, 2.45) is 0 Å². The van der Waals surface area contributed by atoms with E-state index < -0.39 is 22.5 Å². The highest BCUT2D eigenvalue weighted by molar-refractivity contribution is 7.93. The van der Waals surface area contributed by atoms with Crippen molar-refractivity contribution in [2.45, 2.75) is 32.6 Å². The third-order valence-electron chi connectivity index (χ3n) is 5.42. The standard InChI is InChI=1S/C25H27ClN2O4S/c1-16-6-11-23(32-5)24(12-16)33(30,31)28(21-9-7-17(2)18(3)14-21)15-25(29)27-22-10-8-20(26)13-19(22)4/h6-14H,15H2,1-5H3,(H,27,29). The number of carbonyl (C=O) groups excluding carboxylic acids is 1. The van der Waals surface area contributed by atoms with Gasteiger partial charge in [-0.2, -0.15) is 0 Å². The number of anilines is 2. The second-order valence-corrected chi connectivity index (χ2v) is 10.2. The lowest BCUT2D eigenvalue weighted by molar-refractivity contribution is -0.114. The number of halogens is 1. The molecule has 0 radical (unpaired) electrons. The Bertz CT molecular complexity index is 1310. The minimum atomic E-state index is -4.13. The van der Waals surface area contributed by atoms with Crippen LogP contribution < -0.4 is 14.4 Å². The lowest BCUT2D eigenvalue weighted by atomic mass is 10.1. The third kappa shape index (κ3) is 5.49. The Morgan fingerprint density at radius 2 is 1.67 bits per heavy atom. The summed E-state index contributed by atoms with van der Waals surface area (Å²) in [4.78, 5) is 13.0. The molecule has 0 saturated carbocycles. The van der Waals surface area contributed by atoms with E-state index in [0.717, 1.165) is 26.6 Å². The maximum absolute atomic E-state index is 13.8. The highest BCUT2D eigenvalue weighted by Gasteiger charge is 2.30. The number of rotatable bonds is 7. The molecule has 8 heteroatoms. The largest absolute Gasteiger partial charge is 0.495 e. The van der Waals surface area contributed by atoms with Gasteiger partial charge in [0.05, 0.1) is 12.8 Å². The van der Waals surface area contributed by atoms with Crippen molar-refractivity contribution < 1.29 is 17.9 Å². The number of benzene rings is 3. The van der Waals surface area contributed by atoms with Crippen molar-refractivity contribution in [1.29, 1.82) is 0 Å². The van der Waals surface area contributed by atoms with E-state index in [4.69, 9.17) is 16.3 Å². The molecule has 0 spiro atoms. The molecule has 6 nitrogen and oxygen atoms in total. The van der Waals surface area contributed by atoms with E-state index in [1.807, 2.05) is 26.8 Å². The fourth-order valence-corrected chi connectivity index (χ4v) is 5.27. The summed E-state index contributed by atoms with van der Waals surface area (Å²) in [6.07, 6.45) is 0. The first-order valence-corrected chi connectivity index (χ1v) is 12.2. The number of methoxy groups -OCH3 is 1. The van der Waals surface area contributed by atoms with Crippen LogP contribution >= 0.6 is 11.6 Å². The molecule has 3 aromatic rings. The molecule has 0 aliphatic heterocycles. The lowest BCUT2D eigenvalue weighted by Crippen LogP contribution is -2.38. The maximum Gasteiger partial charge on any atom is 0.268 e. The van der Waals surface area contributed by atoms with Gasteiger partial charge in [0.15, 0.2) is 0 Å². The molecule has 0 aliphatic carbocycles. The maximum atomic E-state index is 13.8. The van der Waals surface area contributed by atoms with Gasteiger partial charge in [0, 0.05) is 10.7 Å². The topological polar surface area (TPSA) is 75.7 Å². The van der Waals surface area contributed by atoms with Crippen molar-refractivity contribution in [2.75, 3.05) is 23.3 Å². The Hall–Kier alpha value is -3.03. The normalized spacial score (nSPS) is 11.2. The molecular formula is C25H27ClN2O4S. The molecule has 174 valence electrons. The quantitative estimate of drug-likeness (QED) is 0.484. The predicted octanol–water partition coefficient (Wildman–Crippen LogP) is 5.42. The lowest BCUT2D eigenvalue weighted by Gasteiger charge is -2.26. The van der Waals surface area contributed by atoms with E-state index in [1.54, 1.807) is 55.5 Å². The van der Waals surface area contributed by atoms with Crippen molar-refractivity contribution in [1.82, 2.24) is 0 Å². The van der Waals surface area contributed by atoms with Crippen molar-refractivity contribution in [3.8, 4) is 5.75 Å². The van der Waals surface area contributed by atoms with Crippen LogP contribution in [-0.4, -0.2) is 28.0 Å². The van der Waals surface area contributed by atoms with Gasteiger partial charge in [0.1, 0.15) is 17.2 Å². The van der Waals surface area contributed by atoms with E-state index in [9.17, 15) is 13.2 Å². The zero-order valence-electron chi connectivity index (χ0n) is 19.3. The smallest absolute Gasteiger partial charge is 0.268 e. The Balaban J connectivity index is 2.05.